The lowest BCUT2D eigenvalue weighted by Crippen LogP contribution is -1.79. The van der Waals surface area contributed by atoms with E-state index in [1.54, 1.807) is 0 Å². The standard InChI is InChI=1S/C14H9Cl2/c15-13-5-1-3-9-7-10-4-2-6-14(16)12(10)8-11(9)13/h1-8,15H/q+1. The van der Waals surface area contributed by atoms with Crippen LogP contribution in [0.4, 0.5) is 0 Å². The summed E-state index contributed by atoms with van der Waals surface area (Å²) in [6.07, 6.45) is 0. The third-order valence-corrected chi connectivity index (χ3v) is 3.47. The fourth-order valence-corrected chi connectivity index (χ4v) is 2.48. The minimum absolute atomic E-state index is 0.776. The Morgan fingerprint density at radius 3 is 2.31 bits per heavy atom. The highest BCUT2D eigenvalue weighted by Crippen LogP contribution is 2.29. The van der Waals surface area contributed by atoms with E-state index in [0.717, 1.165) is 26.2 Å². The Balaban J connectivity index is 2.55. The van der Waals surface area contributed by atoms with Crippen LogP contribution in [0.25, 0.3) is 21.5 Å². The highest BCUT2D eigenvalue weighted by atomic mass is 35.5. The lowest BCUT2D eigenvalue weighted by Gasteiger charge is -2.03. The molecule has 0 amide bonds. The van der Waals surface area contributed by atoms with Gasteiger partial charge in [0, 0.05) is 21.9 Å². The molecule has 0 aliphatic carbocycles. The van der Waals surface area contributed by atoms with Gasteiger partial charge in [0.15, 0.2) is 11.6 Å². The van der Waals surface area contributed by atoms with Gasteiger partial charge in [-0.2, -0.15) is 0 Å². The molecule has 0 fully saturated rings. The van der Waals surface area contributed by atoms with E-state index >= 15 is 0 Å². The number of hydrogen-bond donors (Lipinski definition) is 0. The zero-order chi connectivity index (χ0) is 11.1. The average Bonchev–Trinajstić information content (AvgIpc) is 2.28. The van der Waals surface area contributed by atoms with E-state index in [-0.39, 0.29) is 0 Å². The van der Waals surface area contributed by atoms with Crippen LogP contribution in [0.5, 0.6) is 0 Å². The summed E-state index contributed by atoms with van der Waals surface area (Å²) in [6, 6.07) is 16.2. The van der Waals surface area contributed by atoms with Crippen molar-refractivity contribution in [2.45, 2.75) is 0 Å². The molecule has 0 aliphatic heterocycles. The van der Waals surface area contributed by atoms with Crippen LogP contribution in [0.15, 0.2) is 48.5 Å². The molecule has 0 saturated heterocycles. The molecular formula is C14H9Cl2+. The normalized spacial score (nSPS) is 11.1. The van der Waals surface area contributed by atoms with E-state index in [1.165, 1.54) is 5.39 Å². The Labute approximate surface area is 103 Å². The predicted octanol–water partition coefficient (Wildman–Crippen LogP) is 4.34. The van der Waals surface area contributed by atoms with E-state index in [9.17, 15) is 0 Å². The third kappa shape index (κ3) is 1.46. The quantitative estimate of drug-likeness (QED) is 0.519. The second kappa shape index (κ2) is 3.65. The first-order valence-corrected chi connectivity index (χ1v) is 5.82. The first kappa shape index (κ1) is 9.95. The molecule has 0 saturated carbocycles. The van der Waals surface area contributed by atoms with Crippen LogP contribution in [-0.2, 0) is 0 Å². The number of benzene rings is 3. The summed E-state index contributed by atoms with van der Waals surface area (Å²) in [4.78, 5) is 0. The molecule has 0 bridgehead atoms. The largest absolute Gasteiger partial charge is 0.233 e. The summed E-state index contributed by atoms with van der Waals surface area (Å²) in [5, 5.41) is 6.13. The van der Waals surface area contributed by atoms with Crippen LogP contribution in [0.2, 0.25) is 10.0 Å². The van der Waals surface area contributed by atoms with Gasteiger partial charge in [0.1, 0.15) is 0 Å². The molecule has 78 valence electrons. The zero-order valence-electron chi connectivity index (χ0n) is 8.41. The van der Waals surface area contributed by atoms with Gasteiger partial charge in [0.2, 0.25) is 5.02 Å². The second-order valence-electron chi connectivity index (χ2n) is 3.79. The number of fused-ring (bicyclic) bond motifs is 2. The van der Waals surface area contributed by atoms with Crippen molar-refractivity contribution in [1.82, 2.24) is 0 Å². The van der Waals surface area contributed by atoms with Gasteiger partial charge in [-0.3, -0.25) is 0 Å². The van der Waals surface area contributed by atoms with Gasteiger partial charge in [0.25, 0.3) is 0 Å². The minimum Gasteiger partial charge on any atom is -0.0837 e. The molecule has 0 spiro atoms. The van der Waals surface area contributed by atoms with Crippen molar-refractivity contribution < 1.29 is 11.6 Å². The van der Waals surface area contributed by atoms with E-state index in [2.05, 4.69) is 24.3 Å². The molecule has 0 heterocycles. The molecule has 0 N–H and O–H groups in total. The summed E-state index contributed by atoms with van der Waals surface area (Å²) >= 11 is 11.5. The summed E-state index contributed by atoms with van der Waals surface area (Å²) in [5.41, 5.74) is 0. The molecule has 0 aliphatic rings. The molecule has 3 rings (SSSR count). The predicted molar refractivity (Wildman–Crippen MR) is 67.0 cm³/mol. The monoisotopic (exact) mass is 247 g/mol. The van der Waals surface area contributed by atoms with E-state index in [1.807, 2.05) is 24.3 Å². The molecular weight excluding hydrogens is 239 g/mol. The summed E-state index contributed by atoms with van der Waals surface area (Å²) in [6.45, 7) is 0. The van der Waals surface area contributed by atoms with Gasteiger partial charge in [-0.05, 0) is 29.0 Å². The van der Waals surface area contributed by atoms with E-state index < -0.39 is 0 Å². The molecule has 0 atom stereocenters. The molecule has 2 heteroatoms. The Morgan fingerprint density at radius 2 is 1.50 bits per heavy atom. The summed E-state index contributed by atoms with van der Waals surface area (Å²) in [5.74, 6) is 0. The van der Waals surface area contributed by atoms with Gasteiger partial charge in [0.05, 0.1) is 0 Å². The summed E-state index contributed by atoms with van der Waals surface area (Å²) < 4.78 is 0. The lowest BCUT2D eigenvalue weighted by atomic mass is 10.0. The van der Waals surface area contributed by atoms with Gasteiger partial charge in [-0.15, -0.1) is 0 Å². The van der Waals surface area contributed by atoms with Gasteiger partial charge in [-0.25, -0.2) is 0 Å². The molecule has 0 aromatic heterocycles. The summed E-state index contributed by atoms with van der Waals surface area (Å²) in [7, 11) is 0. The molecule has 0 unspecified atom stereocenters. The third-order valence-electron chi connectivity index (χ3n) is 2.79. The van der Waals surface area contributed by atoms with E-state index in [4.69, 9.17) is 23.2 Å². The van der Waals surface area contributed by atoms with Crippen molar-refractivity contribution >= 4 is 33.1 Å². The lowest BCUT2D eigenvalue weighted by molar-refractivity contribution is -0.286. The zero-order valence-corrected chi connectivity index (χ0v) is 9.98. The molecule has 3 aromatic rings. The average molecular weight is 248 g/mol. The van der Waals surface area contributed by atoms with Crippen LogP contribution in [0.1, 0.15) is 0 Å². The topological polar surface area (TPSA) is 0 Å². The van der Waals surface area contributed by atoms with Crippen LogP contribution in [-0.4, -0.2) is 0 Å². The molecule has 0 radical (unpaired) electrons. The molecule has 0 nitrogen and oxygen atoms in total. The van der Waals surface area contributed by atoms with Crippen molar-refractivity contribution in [3.8, 4) is 0 Å². The molecule has 16 heavy (non-hydrogen) atoms. The fourth-order valence-electron chi connectivity index (χ4n) is 1.99. The smallest absolute Gasteiger partial charge is 0.0837 e. The van der Waals surface area contributed by atoms with Gasteiger partial charge >= 0.3 is 0 Å². The number of rotatable bonds is 0. The minimum atomic E-state index is 0.776. The number of halogens is 2. The first-order chi connectivity index (χ1) is 7.75. The maximum atomic E-state index is 6.18. The van der Waals surface area contributed by atoms with Crippen molar-refractivity contribution in [3.63, 3.8) is 0 Å². The van der Waals surface area contributed by atoms with Crippen LogP contribution >= 0.6 is 11.6 Å². The Bertz CT molecular complexity index is 630. The van der Waals surface area contributed by atoms with Crippen molar-refractivity contribution in [2.75, 3.05) is 0 Å². The van der Waals surface area contributed by atoms with Gasteiger partial charge < -0.3 is 0 Å². The highest BCUT2D eigenvalue weighted by Gasteiger charge is 2.07. The highest BCUT2D eigenvalue weighted by molar-refractivity contribution is 6.35. The second-order valence-corrected chi connectivity index (χ2v) is 4.64. The first-order valence-electron chi connectivity index (χ1n) is 5.04. The molecule has 3 aromatic carbocycles. The Morgan fingerprint density at radius 1 is 0.812 bits per heavy atom. The van der Waals surface area contributed by atoms with Gasteiger partial charge in [-0.1, -0.05) is 35.9 Å². The SMILES string of the molecule is Clc1cccc2cc3cccc([ClH+])c3cc12. The Hall–Kier alpha value is -1.24. The maximum absolute atomic E-state index is 6.18. The van der Waals surface area contributed by atoms with Crippen LogP contribution < -0.4 is 0 Å². The van der Waals surface area contributed by atoms with Crippen molar-refractivity contribution in [3.05, 3.63) is 58.6 Å². The van der Waals surface area contributed by atoms with Crippen molar-refractivity contribution in [1.29, 1.82) is 0 Å². The van der Waals surface area contributed by atoms with Crippen LogP contribution in [0, 0.1) is 11.6 Å². The number of hydrogen-bond acceptors (Lipinski definition) is 0. The Kier molecular flexibility index (Phi) is 2.27. The van der Waals surface area contributed by atoms with Crippen LogP contribution in [0.3, 0.4) is 0 Å². The van der Waals surface area contributed by atoms with Crippen molar-refractivity contribution in [2.24, 2.45) is 0 Å². The fraction of sp³-hybridized carbons (Fsp3) is 0. The maximum Gasteiger partial charge on any atom is 0.233 e. The van der Waals surface area contributed by atoms with E-state index in [0.29, 0.717) is 0 Å².